The van der Waals surface area contributed by atoms with Gasteiger partial charge in [-0.2, -0.15) is 0 Å². The summed E-state index contributed by atoms with van der Waals surface area (Å²) in [4.78, 5) is 22.5. The zero-order valence-electron chi connectivity index (χ0n) is 12.4. The predicted molar refractivity (Wildman–Crippen MR) is 75.2 cm³/mol. The lowest BCUT2D eigenvalue weighted by Crippen LogP contribution is -2.49. The lowest BCUT2D eigenvalue weighted by Gasteiger charge is -2.30. The molecular formula is C13H27N3O3. The van der Waals surface area contributed by atoms with Gasteiger partial charge in [0, 0.05) is 12.6 Å². The maximum Gasteiger partial charge on any atom is 0.315 e. The van der Waals surface area contributed by atoms with Crippen molar-refractivity contribution in [1.29, 1.82) is 0 Å². The number of hydrogen-bond donors (Lipinski definition) is 4. The number of hydrogen-bond acceptors (Lipinski definition) is 3. The fraction of sp³-hybridized carbons (Fsp3) is 0.846. The molecule has 0 aromatic carbocycles. The van der Waals surface area contributed by atoms with Gasteiger partial charge < -0.3 is 21.1 Å². The van der Waals surface area contributed by atoms with Gasteiger partial charge >= 0.3 is 12.0 Å². The molecule has 0 aromatic heterocycles. The van der Waals surface area contributed by atoms with E-state index in [1.165, 1.54) is 0 Å². The first-order valence-electron chi connectivity index (χ1n) is 6.74. The quantitative estimate of drug-likeness (QED) is 0.500. The zero-order valence-corrected chi connectivity index (χ0v) is 12.4. The van der Waals surface area contributed by atoms with Crippen molar-refractivity contribution in [2.24, 2.45) is 5.41 Å². The Labute approximate surface area is 115 Å². The summed E-state index contributed by atoms with van der Waals surface area (Å²) in [6, 6.07) is -0.698. The van der Waals surface area contributed by atoms with Gasteiger partial charge in [0.05, 0.1) is 6.42 Å². The minimum absolute atomic E-state index is 0.0751. The Hall–Kier alpha value is -1.30. The highest BCUT2D eigenvalue weighted by molar-refractivity contribution is 5.75. The first kappa shape index (κ1) is 17.7. The van der Waals surface area contributed by atoms with E-state index in [0.29, 0.717) is 6.54 Å². The Kier molecular flexibility index (Phi) is 8.14. The van der Waals surface area contributed by atoms with Crippen LogP contribution in [0, 0.1) is 5.41 Å². The lowest BCUT2D eigenvalue weighted by molar-refractivity contribution is -0.138. The topological polar surface area (TPSA) is 90.5 Å². The van der Waals surface area contributed by atoms with Crippen molar-refractivity contribution in [3.8, 4) is 0 Å². The van der Waals surface area contributed by atoms with Crippen LogP contribution in [-0.4, -0.2) is 42.8 Å². The molecule has 0 saturated carbocycles. The van der Waals surface area contributed by atoms with E-state index in [-0.39, 0.29) is 17.9 Å². The normalized spacial score (nSPS) is 12.8. The van der Waals surface area contributed by atoms with E-state index in [4.69, 9.17) is 5.11 Å². The Bertz CT molecular complexity index is 287. The van der Waals surface area contributed by atoms with Crippen LogP contribution in [0.3, 0.4) is 0 Å². The monoisotopic (exact) mass is 273 g/mol. The number of carbonyl (C=O) groups excluding carboxylic acids is 1. The van der Waals surface area contributed by atoms with Gasteiger partial charge in [-0.3, -0.25) is 4.79 Å². The van der Waals surface area contributed by atoms with Gasteiger partial charge in [-0.1, -0.05) is 27.7 Å². The molecular weight excluding hydrogens is 246 g/mol. The SMILES string of the molecule is CCNCCCNC(=O)NC(CC(=O)O)C(C)(C)C. The minimum atomic E-state index is -0.910. The van der Waals surface area contributed by atoms with Crippen LogP contribution in [0.5, 0.6) is 0 Å². The van der Waals surface area contributed by atoms with Crippen molar-refractivity contribution in [3.05, 3.63) is 0 Å². The first-order chi connectivity index (χ1) is 8.77. The second-order valence-electron chi connectivity index (χ2n) is 5.62. The number of nitrogens with one attached hydrogen (secondary N) is 3. The molecule has 4 N–H and O–H groups in total. The molecule has 0 aromatic rings. The average Bonchev–Trinajstić information content (AvgIpc) is 2.26. The number of carbonyl (C=O) groups is 2. The fourth-order valence-corrected chi connectivity index (χ4v) is 1.55. The molecule has 0 aliphatic heterocycles. The smallest absolute Gasteiger partial charge is 0.315 e. The van der Waals surface area contributed by atoms with E-state index >= 15 is 0 Å². The number of carboxylic acids is 1. The predicted octanol–water partition coefficient (Wildman–Crippen LogP) is 1.17. The van der Waals surface area contributed by atoms with E-state index in [9.17, 15) is 9.59 Å². The second-order valence-corrected chi connectivity index (χ2v) is 5.62. The molecule has 0 aliphatic carbocycles. The van der Waals surface area contributed by atoms with E-state index in [0.717, 1.165) is 19.5 Å². The third-order valence-electron chi connectivity index (χ3n) is 2.80. The number of carboxylic acid groups (broad SMARTS) is 1. The highest BCUT2D eigenvalue weighted by Crippen LogP contribution is 2.21. The molecule has 112 valence electrons. The summed E-state index contributed by atoms with van der Waals surface area (Å²) in [5.74, 6) is -0.910. The largest absolute Gasteiger partial charge is 0.481 e. The first-order valence-corrected chi connectivity index (χ1v) is 6.74. The summed E-state index contributed by atoms with van der Waals surface area (Å²) in [5.41, 5.74) is -0.292. The van der Waals surface area contributed by atoms with Gasteiger partial charge in [0.1, 0.15) is 0 Å². The molecule has 0 fully saturated rings. The van der Waals surface area contributed by atoms with Crippen LogP contribution in [0.15, 0.2) is 0 Å². The maximum absolute atomic E-state index is 11.7. The van der Waals surface area contributed by atoms with Crippen molar-refractivity contribution < 1.29 is 14.7 Å². The molecule has 1 unspecified atom stereocenters. The molecule has 2 amide bonds. The van der Waals surface area contributed by atoms with E-state index in [1.54, 1.807) is 0 Å². The molecule has 6 heteroatoms. The van der Waals surface area contributed by atoms with E-state index in [2.05, 4.69) is 16.0 Å². The summed E-state index contributed by atoms with van der Waals surface area (Å²) >= 11 is 0. The van der Waals surface area contributed by atoms with Crippen molar-refractivity contribution in [2.45, 2.75) is 46.6 Å². The number of urea groups is 1. The highest BCUT2D eigenvalue weighted by atomic mass is 16.4. The van der Waals surface area contributed by atoms with Crippen LogP contribution in [0.25, 0.3) is 0 Å². The van der Waals surface area contributed by atoms with Crippen molar-refractivity contribution in [3.63, 3.8) is 0 Å². The number of amides is 2. The van der Waals surface area contributed by atoms with Crippen LogP contribution < -0.4 is 16.0 Å². The molecule has 19 heavy (non-hydrogen) atoms. The Morgan fingerprint density at radius 2 is 1.84 bits per heavy atom. The van der Waals surface area contributed by atoms with Gasteiger partial charge in [-0.25, -0.2) is 4.79 Å². The molecule has 0 bridgehead atoms. The fourth-order valence-electron chi connectivity index (χ4n) is 1.55. The molecule has 1 atom stereocenters. The van der Waals surface area contributed by atoms with Crippen molar-refractivity contribution in [2.75, 3.05) is 19.6 Å². The summed E-state index contributed by atoms with van der Waals surface area (Å²) in [6.07, 6.45) is 0.773. The van der Waals surface area contributed by atoms with E-state index in [1.807, 2.05) is 27.7 Å². The third-order valence-corrected chi connectivity index (χ3v) is 2.80. The van der Waals surface area contributed by atoms with Crippen LogP contribution in [0.1, 0.15) is 40.5 Å². The minimum Gasteiger partial charge on any atom is -0.481 e. The lowest BCUT2D eigenvalue weighted by atomic mass is 9.85. The summed E-state index contributed by atoms with van der Waals surface area (Å²) < 4.78 is 0. The zero-order chi connectivity index (χ0) is 14.9. The Morgan fingerprint density at radius 3 is 2.32 bits per heavy atom. The second kappa shape index (κ2) is 8.74. The van der Waals surface area contributed by atoms with Gasteiger partial charge in [-0.15, -0.1) is 0 Å². The van der Waals surface area contributed by atoms with Crippen LogP contribution in [0.4, 0.5) is 4.79 Å². The van der Waals surface area contributed by atoms with Gasteiger partial charge in [0.2, 0.25) is 0 Å². The van der Waals surface area contributed by atoms with Gasteiger partial charge in [0.25, 0.3) is 0 Å². The molecule has 0 saturated heterocycles. The molecule has 0 rings (SSSR count). The molecule has 6 nitrogen and oxygen atoms in total. The van der Waals surface area contributed by atoms with Crippen molar-refractivity contribution in [1.82, 2.24) is 16.0 Å². The molecule has 0 heterocycles. The molecule has 0 spiro atoms. The maximum atomic E-state index is 11.7. The Morgan fingerprint density at radius 1 is 1.21 bits per heavy atom. The molecule has 0 aliphatic rings. The average molecular weight is 273 g/mol. The van der Waals surface area contributed by atoms with E-state index < -0.39 is 12.0 Å². The number of rotatable bonds is 8. The highest BCUT2D eigenvalue weighted by Gasteiger charge is 2.28. The van der Waals surface area contributed by atoms with Crippen LogP contribution in [-0.2, 0) is 4.79 Å². The van der Waals surface area contributed by atoms with Crippen LogP contribution >= 0.6 is 0 Å². The van der Waals surface area contributed by atoms with Crippen molar-refractivity contribution >= 4 is 12.0 Å². The summed E-state index contributed by atoms with van der Waals surface area (Å²) in [6.45, 7) is 10.1. The van der Waals surface area contributed by atoms with Gasteiger partial charge in [0.15, 0.2) is 0 Å². The van der Waals surface area contributed by atoms with Gasteiger partial charge in [-0.05, 0) is 24.9 Å². The standard InChI is InChI=1S/C13H27N3O3/c1-5-14-7-6-8-15-12(19)16-10(9-11(17)18)13(2,3)4/h10,14H,5-9H2,1-4H3,(H,17,18)(H2,15,16,19). The summed E-state index contributed by atoms with van der Waals surface area (Å²) in [5, 5.41) is 17.5. The Balaban J connectivity index is 4.07. The molecule has 0 radical (unpaired) electrons. The number of aliphatic carboxylic acids is 1. The summed E-state index contributed by atoms with van der Waals surface area (Å²) in [7, 11) is 0. The van der Waals surface area contributed by atoms with Crippen LogP contribution in [0.2, 0.25) is 0 Å². The third kappa shape index (κ3) is 9.30.